The molecule has 3 saturated carbocycles. The summed E-state index contributed by atoms with van der Waals surface area (Å²) >= 11 is 0. The fourth-order valence-electron chi connectivity index (χ4n) is 5.81. The molecular weight excluding hydrogens is 206 g/mol. The first-order chi connectivity index (χ1) is 7.92. The third kappa shape index (κ3) is 1.42. The molecule has 3 aliphatic rings. The highest BCUT2D eigenvalue weighted by Gasteiger charge is 2.66. The van der Waals surface area contributed by atoms with Gasteiger partial charge in [0.15, 0.2) is 0 Å². The van der Waals surface area contributed by atoms with Crippen LogP contribution in [0.4, 0.5) is 0 Å². The van der Waals surface area contributed by atoms with Crippen molar-refractivity contribution in [3.63, 3.8) is 0 Å². The summed E-state index contributed by atoms with van der Waals surface area (Å²) in [6.07, 6.45) is 9.41. The van der Waals surface area contributed by atoms with Crippen molar-refractivity contribution in [3.8, 4) is 0 Å². The number of nitrogens with zero attached hydrogens (tertiary/aromatic N) is 1. The zero-order valence-electron chi connectivity index (χ0n) is 11.6. The van der Waals surface area contributed by atoms with Gasteiger partial charge in [0, 0.05) is 11.8 Å². The van der Waals surface area contributed by atoms with Gasteiger partial charge in [-0.15, -0.1) is 0 Å². The highest BCUT2D eigenvalue weighted by molar-refractivity contribution is 5.17. The second kappa shape index (κ2) is 3.28. The third-order valence-corrected chi connectivity index (χ3v) is 6.39. The lowest BCUT2D eigenvalue weighted by Gasteiger charge is -2.54. The molecule has 0 aromatic carbocycles. The standard InChI is InChI=1S/C16H25N/c1-14(2)10-13(17-4)16-8-5-7-15(3,11-16)9-6-12(14)16/h12-13H,5-11H2,1-3H3/t12-,13?,15+,16-/m0/s1. The topological polar surface area (TPSA) is 4.36 Å². The smallest absolute Gasteiger partial charge is 0.230 e. The lowest BCUT2D eigenvalue weighted by atomic mass is 9.49. The van der Waals surface area contributed by atoms with Crippen LogP contribution < -0.4 is 0 Å². The van der Waals surface area contributed by atoms with E-state index in [1.54, 1.807) is 0 Å². The Balaban J connectivity index is 2.04. The molecule has 94 valence electrons. The summed E-state index contributed by atoms with van der Waals surface area (Å²) in [6.45, 7) is 14.9. The minimum absolute atomic E-state index is 0.322. The Hall–Kier alpha value is -0.510. The van der Waals surface area contributed by atoms with Crippen molar-refractivity contribution in [2.24, 2.45) is 22.2 Å². The number of rotatable bonds is 0. The van der Waals surface area contributed by atoms with Crippen LogP contribution in [0, 0.1) is 28.7 Å². The second-order valence-corrected chi connectivity index (χ2v) is 8.00. The quantitative estimate of drug-likeness (QED) is 0.533. The van der Waals surface area contributed by atoms with Gasteiger partial charge in [0.2, 0.25) is 6.04 Å². The molecular formula is C16H25N. The molecule has 0 amide bonds. The highest BCUT2D eigenvalue weighted by Crippen LogP contribution is 2.69. The molecule has 0 aromatic heterocycles. The van der Waals surface area contributed by atoms with E-state index >= 15 is 0 Å². The molecule has 0 aliphatic heterocycles. The number of hydrogen-bond acceptors (Lipinski definition) is 0. The van der Waals surface area contributed by atoms with Crippen LogP contribution in [-0.2, 0) is 0 Å². The van der Waals surface area contributed by atoms with E-state index in [2.05, 4.69) is 25.6 Å². The van der Waals surface area contributed by atoms with E-state index in [0.717, 1.165) is 12.3 Å². The maximum absolute atomic E-state index is 7.61. The third-order valence-electron chi connectivity index (χ3n) is 6.39. The first-order valence-electron chi connectivity index (χ1n) is 7.29. The Morgan fingerprint density at radius 2 is 1.88 bits per heavy atom. The molecule has 1 spiro atoms. The average molecular weight is 231 g/mol. The summed E-state index contributed by atoms with van der Waals surface area (Å²) in [6, 6.07) is 0.322. The molecule has 1 heteroatoms. The Labute approximate surface area is 106 Å². The monoisotopic (exact) mass is 231 g/mol. The molecule has 17 heavy (non-hydrogen) atoms. The van der Waals surface area contributed by atoms with Crippen LogP contribution in [0.2, 0.25) is 0 Å². The molecule has 0 saturated heterocycles. The summed E-state index contributed by atoms with van der Waals surface area (Å²) in [5, 5.41) is 0. The summed E-state index contributed by atoms with van der Waals surface area (Å²) in [5.41, 5.74) is 1.38. The first kappa shape index (κ1) is 11.6. The van der Waals surface area contributed by atoms with Crippen molar-refractivity contribution in [2.45, 2.75) is 71.8 Å². The second-order valence-electron chi connectivity index (χ2n) is 8.00. The zero-order chi connectivity index (χ0) is 12.3. The Morgan fingerprint density at radius 1 is 1.12 bits per heavy atom. The van der Waals surface area contributed by atoms with Crippen molar-refractivity contribution in [2.75, 3.05) is 0 Å². The maximum atomic E-state index is 7.61. The van der Waals surface area contributed by atoms with E-state index in [0.29, 0.717) is 22.3 Å². The van der Waals surface area contributed by atoms with E-state index < -0.39 is 0 Å². The van der Waals surface area contributed by atoms with Crippen LogP contribution in [0.25, 0.3) is 4.85 Å². The van der Waals surface area contributed by atoms with Gasteiger partial charge in [-0.3, -0.25) is 0 Å². The van der Waals surface area contributed by atoms with E-state index in [4.69, 9.17) is 6.57 Å². The van der Waals surface area contributed by atoms with Gasteiger partial charge in [-0.25, -0.2) is 6.57 Å². The van der Waals surface area contributed by atoms with E-state index in [1.165, 1.54) is 38.5 Å². The number of hydrogen-bond donors (Lipinski definition) is 0. The predicted molar refractivity (Wildman–Crippen MR) is 70.5 cm³/mol. The minimum Gasteiger partial charge on any atom is -0.313 e. The molecule has 0 heterocycles. The van der Waals surface area contributed by atoms with Crippen molar-refractivity contribution < 1.29 is 0 Å². The zero-order valence-corrected chi connectivity index (χ0v) is 11.6. The van der Waals surface area contributed by atoms with E-state index in [-0.39, 0.29) is 0 Å². The van der Waals surface area contributed by atoms with Gasteiger partial charge in [-0.1, -0.05) is 27.2 Å². The number of fused-ring (bicyclic) bond motifs is 1. The Morgan fingerprint density at radius 3 is 2.59 bits per heavy atom. The maximum Gasteiger partial charge on any atom is 0.230 e. The lowest BCUT2D eigenvalue weighted by molar-refractivity contribution is -0.0462. The summed E-state index contributed by atoms with van der Waals surface area (Å²) in [5.74, 6) is 0.822. The molecule has 1 unspecified atom stereocenters. The molecule has 0 aromatic rings. The molecule has 0 N–H and O–H groups in total. The van der Waals surface area contributed by atoms with Crippen LogP contribution in [0.15, 0.2) is 0 Å². The van der Waals surface area contributed by atoms with Gasteiger partial charge in [0.05, 0.1) is 0 Å². The predicted octanol–water partition coefficient (Wildman–Crippen LogP) is 4.68. The van der Waals surface area contributed by atoms with Crippen molar-refractivity contribution in [1.82, 2.24) is 0 Å². The van der Waals surface area contributed by atoms with Crippen molar-refractivity contribution >= 4 is 0 Å². The summed E-state index contributed by atoms with van der Waals surface area (Å²) in [7, 11) is 0. The largest absolute Gasteiger partial charge is 0.313 e. The fraction of sp³-hybridized carbons (Fsp3) is 0.938. The van der Waals surface area contributed by atoms with Gasteiger partial charge < -0.3 is 4.85 Å². The molecule has 4 atom stereocenters. The first-order valence-corrected chi connectivity index (χ1v) is 7.29. The molecule has 3 fully saturated rings. The fourth-order valence-corrected chi connectivity index (χ4v) is 5.81. The molecule has 1 nitrogen and oxygen atoms in total. The molecule has 0 radical (unpaired) electrons. The van der Waals surface area contributed by atoms with E-state index in [9.17, 15) is 0 Å². The normalized spacial score (nSPS) is 51.6. The summed E-state index contributed by atoms with van der Waals surface area (Å²) < 4.78 is 0. The van der Waals surface area contributed by atoms with Crippen molar-refractivity contribution in [3.05, 3.63) is 11.4 Å². The van der Waals surface area contributed by atoms with Gasteiger partial charge in [-0.2, -0.15) is 0 Å². The summed E-state index contributed by atoms with van der Waals surface area (Å²) in [4.78, 5) is 4.06. The Kier molecular flexibility index (Phi) is 2.23. The Bertz CT molecular complexity index is 377. The highest BCUT2D eigenvalue weighted by atomic mass is 14.8. The molecule has 3 aliphatic carbocycles. The van der Waals surface area contributed by atoms with Crippen LogP contribution in [0.5, 0.6) is 0 Å². The van der Waals surface area contributed by atoms with Crippen molar-refractivity contribution in [1.29, 1.82) is 0 Å². The minimum atomic E-state index is 0.322. The van der Waals surface area contributed by atoms with Gasteiger partial charge in [0.1, 0.15) is 0 Å². The van der Waals surface area contributed by atoms with Crippen LogP contribution in [0.1, 0.15) is 65.7 Å². The van der Waals surface area contributed by atoms with Gasteiger partial charge in [-0.05, 0) is 48.9 Å². The SMILES string of the molecule is [C-]#[N+]C1CC(C)(C)[C@@H]2CC[C@@]3(C)CCC[C@@]12C3. The van der Waals surface area contributed by atoms with Gasteiger partial charge >= 0.3 is 0 Å². The van der Waals surface area contributed by atoms with E-state index in [1.807, 2.05) is 0 Å². The van der Waals surface area contributed by atoms with Crippen LogP contribution >= 0.6 is 0 Å². The van der Waals surface area contributed by atoms with Crippen LogP contribution in [0.3, 0.4) is 0 Å². The molecule has 3 rings (SSSR count). The lowest BCUT2D eigenvalue weighted by Crippen LogP contribution is -2.48. The van der Waals surface area contributed by atoms with Crippen LogP contribution in [-0.4, -0.2) is 6.04 Å². The van der Waals surface area contributed by atoms with Gasteiger partial charge in [0.25, 0.3) is 0 Å². The molecule has 2 bridgehead atoms. The average Bonchev–Trinajstić information content (AvgIpc) is 2.44.